The molecule has 2 amide bonds. The number of ketones is 1. The number of anilines is 1. The number of fused-ring (bicyclic) bond motifs is 1. The Labute approximate surface area is 220 Å². The van der Waals surface area contributed by atoms with Crippen LogP contribution >= 0.6 is 0 Å². The van der Waals surface area contributed by atoms with Crippen LogP contribution in [0.4, 0.5) is 5.69 Å². The molecule has 3 saturated heterocycles. The van der Waals surface area contributed by atoms with Crippen molar-refractivity contribution in [2.45, 2.75) is 70.1 Å². The quantitative estimate of drug-likeness (QED) is 0.608. The molecule has 0 unspecified atom stereocenters. The van der Waals surface area contributed by atoms with Crippen molar-refractivity contribution in [2.75, 3.05) is 51.3 Å². The van der Waals surface area contributed by atoms with Crippen molar-refractivity contribution < 1.29 is 19.1 Å². The standard InChI is InChI=1S/C29H42N4O4/c1-3-7-22-18-33(26-24(34)19-37-27(22)26)29(36)25(20-8-5-4-6-9-20)30-28(35)21-10-12-23(13-11-21)32-16-14-31(2)15-17-32/h10-13,20,22,25-27H,3-9,14-19H2,1-2H3,(H,30,35)/t22-,25-,26+,27+/m0/s1. The smallest absolute Gasteiger partial charge is 0.251 e. The summed E-state index contributed by atoms with van der Waals surface area (Å²) in [7, 11) is 2.14. The molecule has 1 aromatic rings. The number of rotatable bonds is 7. The molecule has 1 aromatic carbocycles. The lowest BCUT2D eigenvalue weighted by Gasteiger charge is -2.34. The van der Waals surface area contributed by atoms with Crippen LogP contribution in [0.5, 0.6) is 0 Å². The van der Waals surface area contributed by atoms with Gasteiger partial charge in [0.1, 0.15) is 18.7 Å². The van der Waals surface area contributed by atoms with Gasteiger partial charge in [-0.2, -0.15) is 0 Å². The SMILES string of the molecule is CCC[C@H]1CN(C(=O)[C@@H](NC(=O)c2ccc(N3CCN(C)CC3)cc2)C2CCCCC2)[C@@H]2C(=O)CO[C@H]12. The number of carbonyl (C=O) groups excluding carboxylic acids is 3. The summed E-state index contributed by atoms with van der Waals surface area (Å²) in [6.07, 6.45) is 6.85. The molecule has 0 bridgehead atoms. The first-order valence-corrected chi connectivity index (χ1v) is 14.3. The van der Waals surface area contributed by atoms with E-state index < -0.39 is 12.1 Å². The molecule has 4 fully saturated rings. The molecule has 8 nitrogen and oxygen atoms in total. The van der Waals surface area contributed by atoms with Gasteiger partial charge < -0.3 is 24.8 Å². The average Bonchev–Trinajstić information content (AvgIpc) is 3.49. The fraction of sp³-hybridized carbons (Fsp3) is 0.690. The molecule has 4 atom stereocenters. The molecular weight excluding hydrogens is 468 g/mol. The Kier molecular flexibility index (Phi) is 8.15. The Balaban J connectivity index is 1.31. The highest BCUT2D eigenvalue weighted by molar-refractivity contribution is 5.99. The fourth-order valence-electron chi connectivity index (χ4n) is 6.75. The van der Waals surface area contributed by atoms with E-state index in [-0.39, 0.29) is 42.1 Å². The highest BCUT2D eigenvalue weighted by atomic mass is 16.5. The number of ether oxygens (including phenoxy) is 1. The van der Waals surface area contributed by atoms with Crippen molar-refractivity contribution in [3.63, 3.8) is 0 Å². The number of Topliss-reactive ketones (excluding diaryl/α,β-unsaturated/α-hetero) is 1. The van der Waals surface area contributed by atoms with Crippen LogP contribution in [-0.2, 0) is 14.3 Å². The van der Waals surface area contributed by atoms with Gasteiger partial charge in [-0.05, 0) is 56.5 Å². The largest absolute Gasteiger partial charge is 0.369 e. The lowest BCUT2D eigenvalue weighted by Crippen LogP contribution is -2.55. The van der Waals surface area contributed by atoms with Crippen molar-refractivity contribution >= 4 is 23.3 Å². The average molecular weight is 511 g/mol. The minimum absolute atomic E-state index is 0.00910. The summed E-state index contributed by atoms with van der Waals surface area (Å²) in [6.45, 7) is 6.73. The van der Waals surface area contributed by atoms with Crippen molar-refractivity contribution in [2.24, 2.45) is 11.8 Å². The van der Waals surface area contributed by atoms with Crippen molar-refractivity contribution in [1.82, 2.24) is 15.1 Å². The Morgan fingerprint density at radius 2 is 1.76 bits per heavy atom. The van der Waals surface area contributed by atoms with E-state index in [4.69, 9.17) is 4.74 Å². The van der Waals surface area contributed by atoms with Crippen LogP contribution in [0.2, 0.25) is 0 Å². The Hall–Kier alpha value is -2.45. The van der Waals surface area contributed by atoms with Crippen LogP contribution in [0.15, 0.2) is 24.3 Å². The van der Waals surface area contributed by atoms with Gasteiger partial charge in [-0.15, -0.1) is 0 Å². The van der Waals surface area contributed by atoms with Crippen molar-refractivity contribution in [3.05, 3.63) is 29.8 Å². The van der Waals surface area contributed by atoms with Gasteiger partial charge in [0.2, 0.25) is 5.91 Å². The third-order valence-corrected chi connectivity index (χ3v) is 8.91. The maximum atomic E-state index is 14.0. The van der Waals surface area contributed by atoms with Crippen LogP contribution in [0.3, 0.4) is 0 Å². The zero-order valence-electron chi connectivity index (χ0n) is 22.4. The van der Waals surface area contributed by atoms with E-state index in [2.05, 4.69) is 29.1 Å². The number of hydrogen-bond donors (Lipinski definition) is 1. The van der Waals surface area contributed by atoms with Gasteiger partial charge in [0.25, 0.3) is 5.91 Å². The van der Waals surface area contributed by atoms with E-state index in [0.29, 0.717) is 12.1 Å². The first-order valence-electron chi connectivity index (χ1n) is 14.3. The molecule has 3 aliphatic heterocycles. The highest BCUT2D eigenvalue weighted by Crippen LogP contribution is 2.36. The van der Waals surface area contributed by atoms with E-state index in [0.717, 1.165) is 70.4 Å². The number of piperazine rings is 1. The van der Waals surface area contributed by atoms with Crippen LogP contribution in [0.25, 0.3) is 0 Å². The van der Waals surface area contributed by atoms with Gasteiger partial charge >= 0.3 is 0 Å². The second-order valence-corrected chi connectivity index (χ2v) is 11.4. The van der Waals surface area contributed by atoms with Crippen molar-refractivity contribution in [1.29, 1.82) is 0 Å². The number of nitrogens with one attached hydrogen (secondary N) is 1. The molecule has 3 heterocycles. The molecule has 1 N–H and O–H groups in total. The Bertz CT molecular complexity index is 969. The van der Waals surface area contributed by atoms with E-state index in [9.17, 15) is 14.4 Å². The molecule has 202 valence electrons. The van der Waals surface area contributed by atoms with Crippen LogP contribution in [0, 0.1) is 11.8 Å². The van der Waals surface area contributed by atoms with E-state index in [1.807, 2.05) is 24.3 Å². The van der Waals surface area contributed by atoms with E-state index in [1.54, 1.807) is 4.90 Å². The monoisotopic (exact) mass is 510 g/mol. The summed E-state index contributed by atoms with van der Waals surface area (Å²) >= 11 is 0. The Morgan fingerprint density at radius 1 is 1.05 bits per heavy atom. The summed E-state index contributed by atoms with van der Waals surface area (Å²) in [6, 6.07) is 6.62. The second-order valence-electron chi connectivity index (χ2n) is 11.4. The number of amides is 2. The minimum Gasteiger partial charge on any atom is -0.369 e. The lowest BCUT2D eigenvalue weighted by atomic mass is 9.83. The lowest BCUT2D eigenvalue weighted by molar-refractivity contribution is -0.139. The molecular formula is C29H42N4O4. The first kappa shape index (κ1) is 26.2. The summed E-state index contributed by atoms with van der Waals surface area (Å²) in [4.78, 5) is 46.6. The number of nitrogens with zero attached hydrogens (tertiary/aromatic N) is 3. The van der Waals surface area contributed by atoms with Crippen LogP contribution < -0.4 is 10.2 Å². The van der Waals surface area contributed by atoms with Gasteiger partial charge in [0, 0.05) is 49.9 Å². The van der Waals surface area contributed by atoms with Gasteiger partial charge in [-0.1, -0.05) is 32.6 Å². The summed E-state index contributed by atoms with van der Waals surface area (Å²) < 4.78 is 5.84. The molecule has 0 spiro atoms. The molecule has 5 rings (SSSR count). The predicted octanol–water partition coefficient (Wildman–Crippen LogP) is 2.71. The number of hydrogen-bond acceptors (Lipinski definition) is 6. The third-order valence-electron chi connectivity index (χ3n) is 8.91. The maximum Gasteiger partial charge on any atom is 0.251 e. The predicted molar refractivity (Wildman–Crippen MR) is 143 cm³/mol. The van der Waals surface area contributed by atoms with Crippen molar-refractivity contribution in [3.8, 4) is 0 Å². The molecule has 0 aromatic heterocycles. The summed E-state index contributed by atoms with van der Waals surface area (Å²) in [5, 5.41) is 3.12. The zero-order valence-corrected chi connectivity index (χ0v) is 22.4. The minimum atomic E-state index is -0.612. The number of likely N-dealkylation sites (tertiary alicyclic amines) is 1. The topological polar surface area (TPSA) is 82.2 Å². The number of likely N-dealkylation sites (N-methyl/N-ethyl adjacent to an activating group) is 1. The van der Waals surface area contributed by atoms with Gasteiger partial charge in [0.05, 0.1) is 6.10 Å². The maximum absolute atomic E-state index is 14.0. The molecule has 1 aliphatic carbocycles. The van der Waals surface area contributed by atoms with Gasteiger partial charge in [-0.25, -0.2) is 0 Å². The van der Waals surface area contributed by atoms with Crippen LogP contribution in [-0.4, -0.2) is 92.0 Å². The number of carbonyl (C=O) groups is 3. The second kappa shape index (κ2) is 11.5. The fourth-order valence-corrected chi connectivity index (χ4v) is 6.75. The molecule has 4 aliphatic rings. The third kappa shape index (κ3) is 5.55. The van der Waals surface area contributed by atoms with Gasteiger partial charge in [-0.3, -0.25) is 14.4 Å². The molecule has 0 radical (unpaired) electrons. The van der Waals surface area contributed by atoms with E-state index >= 15 is 0 Å². The Morgan fingerprint density at radius 3 is 2.43 bits per heavy atom. The first-order chi connectivity index (χ1) is 18.0. The zero-order chi connectivity index (χ0) is 25.9. The summed E-state index contributed by atoms with van der Waals surface area (Å²) in [5.41, 5.74) is 1.68. The summed E-state index contributed by atoms with van der Waals surface area (Å²) in [5.74, 6) is -0.0678. The van der Waals surface area contributed by atoms with Crippen LogP contribution in [0.1, 0.15) is 62.2 Å². The highest BCUT2D eigenvalue weighted by Gasteiger charge is 2.53. The normalized spacial score (nSPS) is 27.8. The van der Waals surface area contributed by atoms with E-state index in [1.165, 1.54) is 6.42 Å². The molecule has 37 heavy (non-hydrogen) atoms. The van der Waals surface area contributed by atoms with Gasteiger partial charge in [0.15, 0.2) is 5.78 Å². The number of benzene rings is 1. The molecule has 8 heteroatoms. The molecule has 1 saturated carbocycles.